The molecule has 1 aromatic heterocycles. The van der Waals surface area contributed by atoms with Crippen molar-refractivity contribution in [2.75, 3.05) is 0 Å². The molecule has 0 radical (unpaired) electrons. The molecule has 72 valence electrons. The van der Waals surface area contributed by atoms with Crippen LogP contribution in [0.15, 0.2) is 30.5 Å². The van der Waals surface area contributed by atoms with Crippen molar-refractivity contribution < 1.29 is 15.0 Å². The van der Waals surface area contributed by atoms with E-state index in [1.807, 2.05) is 18.2 Å². The van der Waals surface area contributed by atoms with Crippen molar-refractivity contribution in [1.82, 2.24) is 4.98 Å². The van der Waals surface area contributed by atoms with E-state index < -0.39 is 35.9 Å². The zero-order valence-corrected chi connectivity index (χ0v) is 10.1. The van der Waals surface area contributed by atoms with Crippen LogP contribution in [-0.4, -0.2) is 51.1 Å². The average Bonchev–Trinajstić information content (AvgIpc) is 2.22. The van der Waals surface area contributed by atoms with Crippen LogP contribution in [0.4, 0.5) is 4.79 Å². The van der Waals surface area contributed by atoms with Crippen molar-refractivity contribution >= 4 is 48.5 Å². The topological polar surface area (TPSA) is 70.4 Å². The van der Waals surface area contributed by atoms with Crippen molar-refractivity contribution in [3.63, 3.8) is 0 Å². The van der Waals surface area contributed by atoms with Gasteiger partial charge in [-0.15, -0.1) is 0 Å². The molecule has 2 aromatic rings. The van der Waals surface area contributed by atoms with Gasteiger partial charge in [0, 0.05) is 0 Å². The molecule has 0 bridgehead atoms. The summed E-state index contributed by atoms with van der Waals surface area (Å²) in [6, 6.07) is 7.26. The maximum atomic E-state index is 10.7. The third-order valence-corrected chi connectivity index (χ3v) is 4.38. The van der Waals surface area contributed by atoms with Gasteiger partial charge >= 0.3 is 105 Å². The Balaban J connectivity index is 2.68. The molecule has 0 amide bonds. The summed E-state index contributed by atoms with van der Waals surface area (Å²) in [5.74, 6) is 0.0103. The molecule has 0 unspecified atom stereocenters. The van der Waals surface area contributed by atoms with Gasteiger partial charge in [0.1, 0.15) is 0 Å². The number of para-hydroxylation sites is 1. The molecule has 1 heterocycles. The number of hydrogen-bond acceptors (Lipinski definition) is 3. The van der Waals surface area contributed by atoms with Gasteiger partial charge in [-0.05, 0) is 0 Å². The van der Waals surface area contributed by atoms with Crippen molar-refractivity contribution in [3.05, 3.63) is 30.5 Å². The minimum absolute atomic E-state index is 0.0103. The molecule has 15 heavy (non-hydrogen) atoms. The number of hydrogen-bond donors (Lipinski definition) is 2. The summed E-state index contributed by atoms with van der Waals surface area (Å²) in [6.07, 6.45) is 1.33. The van der Waals surface area contributed by atoms with Crippen molar-refractivity contribution in [2.24, 2.45) is 0 Å². The average molecular weight is 229 g/mol. The van der Waals surface area contributed by atoms with E-state index in [4.69, 9.17) is 5.11 Å². The molecule has 5 heteroatoms. The zero-order chi connectivity index (χ0) is 10.8. The Hall–Kier alpha value is -0.840. The first kappa shape index (κ1) is 10.7. The fourth-order valence-electron chi connectivity index (χ4n) is 1.52. The molecular formula is C10H7CaNO3. The number of carboxylic acid groups (broad SMARTS) is 1. The van der Waals surface area contributed by atoms with E-state index in [-0.39, 0.29) is 5.75 Å². The number of aromatic hydroxyl groups is 1. The number of pyridine rings is 1. The number of nitrogens with zero attached hydrogens (tertiary/aromatic N) is 1. The fourth-order valence-corrected chi connectivity index (χ4v) is 3.19. The number of rotatable bonds is 2. The summed E-state index contributed by atoms with van der Waals surface area (Å²) in [4.78, 5) is 14.8. The van der Waals surface area contributed by atoms with Crippen LogP contribution in [0, 0.1) is 0 Å². The summed E-state index contributed by atoms with van der Waals surface area (Å²) in [5.41, 5.74) is 0.733. The minimum atomic E-state index is -1.96. The first-order valence-electron chi connectivity index (χ1n) is 4.46. The Morgan fingerprint density at radius 3 is 2.80 bits per heavy atom. The molecular weight excluding hydrogens is 222 g/mol. The van der Waals surface area contributed by atoms with E-state index in [1.165, 1.54) is 6.20 Å². The second-order valence-electron chi connectivity index (χ2n) is 3.21. The number of fused-ring (bicyclic) bond motifs is 1. The van der Waals surface area contributed by atoms with Crippen LogP contribution < -0.4 is 1.66 Å². The quantitative estimate of drug-likeness (QED) is 0.752. The fraction of sp³-hybridized carbons (Fsp3) is 0. The predicted molar refractivity (Wildman–Crippen MR) is 56.8 cm³/mol. The number of benzene rings is 1. The summed E-state index contributed by atoms with van der Waals surface area (Å²) >= 11 is -1.96. The summed E-state index contributed by atoms with van der Waals surface area (Å²) in [7, 11) is 0. The molecule has 1 aromatic carbocycles. The van der Waals surface area contributed by atoms with E-state index >= 15 is 0 Å². The van der Waals surface area contributed by atoms with E-state index in [2.05, 4.69) is 4.98 Å². The molecule has 4 nitrogen and oxygen atoms in total. The number of aromatic nitrogens is 1. The van der Waals surface area contributed by atoms with Crippen LogP contribution >= 0.6 is 0 Å². The normalized spacial score (nSPS) is 9.87. The Morgan fingerprint density at radius 1 is 1.33 bits per heavy atom. The van der Waals surface area contributed by atoms with Crippen LogP contribution in [0.1, 0.15) is 0 Å². The Labute approximate surface area is 104 Å². The monoisotopic (exact) mass is 229 g/mol. The second-order valence-corrected chi connectivity index (χ2v) is 5.81. The van der Waals surface area contributed by atoms with Crippen LogP contribution in [0.3, 0.4) is 0 Å². The second kappa shape index (κ2) is 4.35. The molecule has 0 spiro atoms. The molecule has 0 saturated carbocycles. The van der Waals surface area contributed by atoms with Gasteiger partial charge in [-0.2, -0.15) is 0 Å². The van der Waals surface area contributed by atoms with E-state index in [1.54, 1.807) is 6.07 Å². The van der Waals surface area contributed by atoms with Gasteiger partial charge in [0.15, 0.2) is 0 Å². The third kappa shape index (κ3) is 2.22. The van der Waals surface area contributed by atoms with E-state index in [0.717, 1.165) is 10.9 Å². The Morgan fingerprint density at radius 2 is 2.07 bits per heavy atom. The standard InChI is InChI=1S/C9H6NO.CHO2.Ca/c11-8-5-7-3-1-2-4-9(7)10-6-8;2-1-3;/h1-4,6,11H;(H,2,3);. The maximum absolute atomic E-state index is 10.7. The van der Waals surface area contributed by atoms with Crippen molar-refractivity contribution in [2.45, 2.75) is 0 Å². The van der Waals surface area contributed by atoms with Gasteiger partial charge < -0.3 is 0 Å². The zero-order valence-electron chi connectivity index (χ0n) is 7.84. The molecule has 0 saturated heterocycles. The molecule has 0 atom stereocenters. The Kier molecular flexibility index (Phi) is 3.09. The molecule has 0 aliphatic carbocycles. The third-order valence-electron chi connectivity index (χ3n) is 2.19. The van der Waals surface area contributed by atoms with Crippen LogP contribution in [0.5, 0.6) is 5.75 Å². The van der Waals surface area contributed by atoms with Gasteiger partial charge in [0.2, 0.25) is 0 Å². The van der Waals surface area contributed by atoms with Crippen LogP contribution in [-0.2, 0) is 0 Å². The van der Waals surface area contributed by atoms with Gasteiger partial charge in [-0.3, -0.25) is 0 Å². The molecule has 0 aliphatic rings. The van der Waals surface area contributed by atoms with Gasteiger partial charge in [-0.1, -0.05) is 0 Å². The molecule has 2 N–H and O–H groups in total. The van der Waals surface area contributed by atoms with Crippen molar-refractivity contribution in [1.29, 1.82) is 0 Å². The number of carbonyl (C=O) groups is 1. The van der Waals surface area contributed by atoms with Crippen LogP contribution in [0.25, 0.3) is 10.9 Å². The Bertz CT molecular complexity index is 527. The molecule has 0 fully saturated rings. The molecule has 2 rings (SSSR count). The SMILES string of the molecule is O=[C](O)[Ca][c]1c(O)cnc2ccccc12. The van der Waals surface area contributed by atoms with Gasteiger partial charge in [0.25, 0.3) is 0 Å². The van der Waals surface area contributed by atoms with Crippen LogP contribution in [0.2, 0.25) is 0 Å². The predicted octanol–water partition coefficient (Wildman–Crippen LogP) is 0.948. The summed E-state index contributed by atoms with van der Waals surface area (Å²) in [5, 5.41) is 19.1. The van der Waals surface area contributed by atoms with E-state index in [9.17, 15) is 9.90 Å². The first-order valence-corrected chi connectivity index (χ1v) is 6.66. The van der Waals surface area contributed by atoms with Gasteiger partial charge in [-0.25, -0.2) is 0 Å². The van der Waals surface area contributed by atoms with E-state index in [0.29, 0.717) is 1.66 Å². The molecule has 0 aliphatic heterocycles. The van der Waals surface area contributed by atoms with Crippen molar-refractivity contribution in [3.8, 4) is 5.75 Å². The summed E-state index contributed by atoms with van der Waals surface area (Å²) < 4.78 is -0.185. The first-order chi connectivity index (χ1) is 7.18. The van der Waals surface area contributed by atoms with Gasteiger partial charge in [0.05, 0.1) is 0 Å². The summed E-state index contributed by atoms with van der Waals surface area (Å²) in [6.45, 7) is 0.